The molecule has 0 atom stereocenters. The Morgan fingerprint density at radius 3 is 2.28 bits per heavy atom. The van der Waals surface area contributed by atoms with Crippen LogP contribution in [0.1, 0.15) is 37.8 Å². The van der Waals surface area contributed by atoms with Crippen LogP contribution in [0.5, 0.6) is 0 Å². The number of halogens is 1. The maximum Gasteiger partial charge on any atom is 0.191 e. The zero-order chi connectivity index (χ0) is 17.5. The van der Waals surface area contributed by atoms with Gasteiger partial charge in [0.05, 0.1) is 26.4 Å². The minimum absolute atomic E-state index is 0. The van der Waals surface area contributed by atoms with Gasteiger partial charge in [-0.2, -0.15) is 0 Å². The lowest BCUT2D eigenvalue weighted by molar-refractivity contribution is 0.0487. The zero-order valence-corrected chi connectivity index (χ0v) is 18.2. The van der Waals surface area contributed by atoms with Crippen LogP contribution in [0.3, 0.4) is 0 Å². The Hall–Kier alpha value is -0.860. The van der Waals surface area contributed by atoms with Gasteiger partial charge in [-0.3, -0.25) is 0 Å². The molecule has 0 aliphatic carbocycles. The molecule has 0 aliphatic heterocycles. The van der Waals surface area contributed by atoms with Gasteiger partial charge in [-0.1, -0.05) is 43.2 Å². The lowest BCUT2D eigenvalue weighted by Gasteiger charge is -2.11. The topological polar surface area (TPSA) is 54.9 Å². The third-order valence-corrected chi connectivity index (χ3v) is 3.44. The van der Waals surface area contributed by atoms with Gasteiger partial charge in [0, 0.05) is 19.7 Å². The Bertz CT molecular complexity index is 452. The molecule has 25 heavy (non-hydrogen) atoms. The number of unbranched alkanes of at least 4 members (excludes halogenated alkanes) is 1. The number of nitrogens with zero attached hydrogens (tertiary/aromatic N) is 1. The number of benzene rings is 1. The third kappa shape index (κ3) is 13.1. The summed E-state index contributed by atoms with van der Waals surface area (Å²) < 4.78 is 11.0. The average Bonchev–Trinajstić information content (AvgIpc) is 2.59. The number of nitrogens with one attached hydrogen (secondary N) is 2. The van der Waals surface area contributed by atoms with Crippen LogP contribution < -0.4 is 10.6 Å². The van der Waals surface area contributed by atoms with Gasteiger partial charge < -0.3 is 20.1 Å². The molecule has 0 radical (unpaired) electrons. The number of aryl methyl sites for hydroxylation is 1. The molecule has 0 aliphatic rings. The van der Waals surface area contributed by atoms with Gasteiger partial charge in [-0.15, -0.1) is 24.0 Å². The fraction of sp³-hybridized carbons (Fsp3) is 0.632. The fourth-order valence-electron chi connectivity index (χ4n) is 2.02. The number of hydrogen-bond donors (Lipinski definition) is 2. The van der Waals surface area contributed by atoms with Crippen molar-refractivity contribution in [2.45, 2.75) is 40.2 Å². The Balaban J connectivity index is 0.00000576. The zero-order valence-electron chi connectivity index (χ0n) is 15.8. The van der Waals surface area contributed by atoms with Crippen LogP contribution in [-0.2, 0) is 16.0 Å². The van der Waals surface area contributed by atoms with E-state index < -0.39 is 0 Å². The molecular weight excluding hydrogens is 429 g/mol. The molecule has 0 aromatic heterocycles. The van der Waals surface area contributed by atoms with Crippen molar-refractivity contribution in [3.8, 4) is 0 Å². The fourth-order valence-corrected chi connectivity index (χ4v) is 2.02. The second-order valence-corrected chi connectivity index (χ2v) is 5.69. The van der Waals surface area contributed by atoms with Crippen molar-refractivity contribution >= 4 is 29.9 Å². The Labute approximate surface area is 170 Å². The predicted octanol–water partition coefficient (Wildman–Crippen LogP) is 3.50. The van der Waals surface area contributed by atoms with Crippen LogP contribution in [-0.4, -0.2) is 45.5 Å². The molecule has 0 spiro atoms. The van der Waals surface area contributed by atoms with Gasteiger partial charge in [0.15, 0.2) is 5.96 Å². The highest BCUT2D eigenvalue weighted by Gasteiger charge is 1.98. The second-order valence-electron chi connectivity index (χ2n) is 5.69. The van der Waals surface area contributed by atoms with Crippen LogP contribution >= 0.6 is 24.0 Å². The molecule has 1 aromatic carbocycles. The average molecular weight is 463 g/mol. The van der Waals surface area contributed by atoms with Gasteiger partial charge in [-0.25, -0.2) is 4.99 Å². The van der Waals surface area contributed by atoms with E-state index in [0.717, 1.165) is 32.1 Å². The molecule has 0 bridgehead atoms. The molecule has 0 unspecified atom stereocenters. The minimum atomic E-state index is 0. The maximum absolute atomic E-state index is 5.55. The van der Waals surface area contributed by atoms with Crippen molar-refractivity contribution in [2.24, 2.45) is 4.99 Å². The van der Waals surface area contributed by atoms with E-state index >= 15 is 0 Å². The molecule has 1 aromatic rings. The van der Waals surface area contributed by atoms with Crippen molar-refractivity contribution in [3.63, 3.8) is 0 Å². The van der Waals surface area contributed by atoms with E-state index in [4.69, 9.17) is 9.47 Å². The number of ether oxygens (including phenoxy) is 2. The number of hydrogen-bond acceptors (Lipinski definition) is 3. The summed E-state index contributed by atoms with van der Waals surface area (Å²) in [6.07, 6.45) is 2.28. The molecule has 1 rings (SSSR count). The highest BCUT2D eigenvalue weighted by atomic mass is 127. The van der Waals surface area contributed by atoms with Gasteiger partial charge in [0.2, 0.25) is 0 Å². The van der Waals surface area contributed by atoms with Crippen LogP contribution in [0.2, 0.25) is 0 Å². The second kappa shape index (κ2) is 16.6. The van der Waals surface area contributed by atoms with Gasteiger partial charge in [0.25, 0.3) is 0 Å². The monoisotopic (exact) mass is 463 g/mol. The Kier molecular flexibility index (Phi) is 16.0. The summed E-state index contributed by atoms with van der Waals surface area (Å²) in [5.74, 6) is 0.820. The molecule has 6 heteroatoms. The molecule has 0 saturated carbocycles. The van der Waals surface area contributed by atoms with E-state index in [1.165, 1.54) is 17.5 Å². The molecule has 2 N–H and O–H groups in total. The van der Waals surface area contributed by atoms with E-state index in [1.807, 2.05) is 0 Å². The van der Waals surface area contributed by atoms with Crippen LogP contribution in [0.25, 0.3) is 0 Å². The van der Waals surface area contributed by atoms with Crippen molar-refractivity contribution in [3.05, 3.63) is 35.4 Å². The number of aliphatic imine (C=N–C) groups is 1. The molecule has 0 fully saturated rings. The summed E-state index contributed by atoms with van der Waals surface area (Å²) >= 11 is 0. The molecule has 0 heterocycles. The number of rotatable bonds is 12. The summed E-state index contributed by atoms with van der Waals surface area (Å²) in [4.78, 5) is 4.60. The highest BCUT2D eigenvalue weighted by Crippen LogP contribution is 2.04. The first-order valence-corrected chi connectivity index (χ1v) is 8.99. The summed E-state index contributed by atoms with van der Waals surface area (Å²) in [6, 6.07) is 8.46. The van der Waals surface area contributed by atoms with E-state index in [2.05, 4.69) is 60.7 Å². The summed E-state index contributed by atoms with van der Waals surface area (Å²) in [6.45, 7) is 11.3. The first-order chi connectivity index (χ1) is 11.8. The normalized spacial score (nSPS) is 11.1. The molecular formula is C19H34IN3O2. The Morgan fingerprint density at radius 1 is 0.960 bits per heavy atom. The SMILES string of the molecule is CCCCOCCOCCNC(=NCc1ccc(C)cc1)NCC.I. The van der Waals surface area contributed by atoms with Gasteiger partial charge in [-0.05, 0) is 25.8 Å². The largest absolute Gasteiger partial charge is 0.379 e. The lowest BCUT2D eigenvalue weighted by Crippen LogP contribution is -2.39. The highest BCUT2D eigenvalue weighted by molar-refractivity contribution is 14.0. The molecule has 5 nitrogen and oxygen atoms in total. The van der Waals surface area contributed by atoms with Crippen molar-refractivity contribution < 1.29 is 9.47 Å². The maximum atomic E-state index is 5.55. The number of guanidine groups is 1. The van der Waals surface area contributed by atoms with Crippen LogP contribution in [0.15, 0.2) is 29.3 Å². The molecule has 0 saturated heterocycles. The summed E-state index contributed by atoms with van der Waals surface area (Å²) in [5, 5.41) is 6.53. The Morgan fingerprint density at radius 2 is 1.64 bits per heavy atom. The first kappa shape index (κ1) is 24.1. The van der Waals surface area contributed by atoms with E-state index in [9.17, 15) is 0 Å². The third-order valence-electron chi connectivity index (χ3n) is 3.44. The van der Waals surface area contributed by atoms with Crippen LogP contribution in [0.4, 0.5) is 0 Å². The summed E-state index contributed by atoms with van der Waals surface area (Å²) in [5.41, 5.74) is 2.47. The predicted molar refractivity (Wildman–Crippen MR) is 116 cm³/mol. The van der Waals surface area contributed by atoms with Gasteiger partial charge >= 0.3 is 0 Å². The molecule has 0 amide bonds. The molecule has 144 valence electrons. The first-order valence-electron chi connectivity index (χ1n) is 8.99. The van der Waals surface area contributed by atoms with Crippen molar-refractivity contribution in [2.75, 3.05) is 39.5 Å². The van der Waals surface area contributed by atoms with E-state index in [0.29, 0.717) is 26.4 Å². The smallest absolute Gasteiger partial charge is 0.191 e. The quantitative estimate of drug-likeness (QED) is 0.216. The lowest BCUT2D eigenvalue weighted by atomic mass is 10.1. The minimum Gasteiger partial charge on any atom is -0.379 e. The standard InChI is InChI=1S/C19H33N3O2.HI/c1-4-6-12-23-14-15-24-13-11-21-19(20-5-2)22-16-18-9-7-17(3)8-10-18;/h7-10H,4-6,11-16H2,1-3H3,(H2,20,21,22);1H. The van der Waals surface area contributed by atoms with Crippen molar-refractivity contribution in [1.82, 2.24) is 10.6 Å². The summed E-state index contributed by atoms with van der Waals surface area (Å²) in [7, 11) is 0. The van der Waals surface area contributed by atoms with E-state index in [-0.39, 0.29) is 24.0 Å². The van der Waals surface area contributed by atoms with Crippen LogP contribution in [0, 0.1) is 6.92 Å². The van der Waals surface area contributed by atoms with E-state index in [1.54, 1.807) is 0 Å². The van der Waals surface area contributed by atoms with Crippen molar-refractivity contribution in [1.29, 1.82) is 0 Å². The van der Waals surface area contributed by atoms with Gasteiger partial charge in [0.1, 0.15) is 0 Å².